The van der Waals surface area contributed by atoms with Gasteiger partial charge in [-0.05, 0) is 18.2 Å². The molecule has 0 bridgehead atoms. The molecule has 0 unspecified atom stereocenters. The Morgan fingerprint density at radius 2 is 1.94 bits per heavy atom. The number of nitriles is 1. The second-order valence-corrected chi connectivity index (χ2v) is 6.19. The minimum absolute atomic E-state index is 0.154. The average molecular weight is 427 g/mol. The van der Waals surface area contributed by atoms with Crippen LogP contribution in [0.2, 0.25) is 0 Å². The Bertz CT molecular complexity index is 1110. The van der Waals surface area contributed by atoms with E-state index in [4.69, 9.17) is 4.74 Å². The fraction of sp³-hybridized carbons (Fsp3) is 0.222. The normalized spacial score (nSPS) is 10.5. The van der Waals surface area contributed by atoms with E-state index < -0.39 is 26.9 Å². The molecular formula is C18H17N7O6. The van der Waals surface area contributed by atoms with E-state index in [1.165, 1.54) is 20.1 Å². The highest BCUT2D eigenvalue weighted by Gasteiger charge is 2.24. The van der Waals surface area contributed by atoms with Crippen LogP contribution in [0.3, 0.4) is 0 Å². The molecule has 13 nitrogen and oxygen atoms in total. The van der Waals surface area contributed by atoms with Crippen LogP contribution in [-0.2, 0) is 9.53 Å². The zero-order valence-electron chi connectivity index (χ0n) is 16.7. The van der Waals surface area contributed by atoms with Crippen molar-refractivity contribution in [2.24, 2.45) is 10.2 Å². The average Bonchev–Trinajstić information content (AvgIpc) is 2.71. The lowest BCUT2D eigenvalue weighted by Gasteiger charge is -2.19. The highest BCUT2D eigenvalue weighted by atomic mass is 16.6. The number of hydrogen-bond acceptors (Lipinski definition) is 10. The molecular weight excluding hydrogens is 410 g/mol. The Morgan fingerprint density at radius 1 is 1.23 bits per heavy atom. The summed E-state index contributed by atoms with van der Waals surface area (Å²) in [5, 5.41) is 41.9. The Kier molecular flexibility index (Phi) is 7.26. The van der Waals surface area contributed by atoms with E-state index in [9.17, 15) is 30.3 Å². The van der Waals surface area contributed by atoms with Gasteiger partial charge in [-0.25, -0.2) is 0 Å². The van der Waals surface area contributed by atoms with Gasteiger partial charge in [0.1, 0.15) is 18.5 Å². The van der Waals surface area contributed by atoms with Crippen molar-refractivity contribution in [1.82, 2.24) is 0 Å². The van der Waals surface area contributed by atoms with Crippen molar-refractivity contribution in [3.05, 3.63) is 56.1 Å². The molecule has 13 heteroatoms. The standard InChI is InChI=1S/C18H17N7O6/c1-11(26)20-16-7-13(23(2)10-31-3)4-5-15(16)21-22-18-12(9-19)6-14(24(27)28)8-17(18)25(29)30/h4-8H,10H2,1-3H3,(H,20,26). The molecule has 1 N–H and O–H groups in total. The van der Waals surface area contributed by atoms with E-state index in [0.717, 1.165) is 6.07 Å². The summed E-state index contributed by atoms with van der Waals surface area (Å²) in [6.07, 6.45) is 0. The number of azo groups is 1. The molecule has 2 aromatic rings. The summed E-state index contributed by atoms with van der Waals surface area (Å²) in [5.41, 5.74) is -1.09. The number of non-ortho nitro benzene ring substituents is 1. The maximum absolute atomic E-state index is 11.6. The lowest BCUT2D eigenvalue weighted by atomic mass is 10.1. The molecule has 31 heavy (non-hydrogen) atoms. The quantitative estimate of drug-likeness (QED) is 0.286. The number of carbonyl (C=O) groups is 1. The minimum atomic E-state index is -0.889. The lowest BCUT2D eigenvalue weighted by Crippen LogP contribution is -2.19. The van der Waals surface area contributed by atoms with Crippen LogP contribution in [0, 0.1) is 31.6 Å². The molecule has 0 radical (unpaired) electrons. The predicted octanol–water partition coefficient (Wildman–Crippen LogP) is 3.79. The SMILES string of the molecule is COCN(C)c1ccc(N=Nc2c(C#N)cc([N+](=O)[O-])cc2[N+](=O)[O-])c(NC(C)=O)c1. The largest absolute Gasteiger partial charge is 0.364 e. The van der Waals surface area contributed by atoms with Gasteiger partial charge in [0.05, 0.1) is 27.2 Å². The van der Waals surface area contributed by atoms with E-state index in [1.54, 1.807) is 30.1 Å². The number of nitro groups is 2. The van der Waals surface area contributed by atoms with Gasteiger partial charge in [-0.2, -0.15) is 5.26 Å². The molecule has 0 heterocycles. The number of anilines is 2. The smallest absolute Gasteiger partial charge is 0.304 e. The Labute approximate surface area is 175 Å². The number of benzene rings is 2. The van der Waals surface area contributed by atoms with E-state index in [2.05, 4.69) is 15.5 Å². The van der Waals surface area contributed by atoms with Gasteiger partial charge in [0.2, 0.25) is 5.91 Å². The number of carbonyl (C=O) groups excluding carboxylic acids is 1. The molecule has 0 spiro atoms. The van der Waals surface area contributed by atoms with Gasteiger partial charge in [0, 0.05) is 32.8 Å². The first kappa shape index (κ1) is 22.8. The molecule has 0 aliphatic heterocycles. The fourth-order valence-electron chi connectivity index (χ4n) is 2.55. The molecule has 0 saturated heterocycles. The van der Waals surface area contributed by atoms with Crippen LogP contribution >= 0.6 is 0 Å². The summed E-state index contributed by atoms with van der Waals surface area (Å²) < 4.78 is 5.06. The third-order valence-corrected chi connectivity index (χ3v) is 3.91. The third-order valence-electron chi connectivity index (χ3n) is 3.91. The summed E-state index contributed by atoms with van der Waals surface area (Å²) in [6, 6.07) is 8.01. The number of nitrogens with zero attached hydrogens (tertiary/aromatic N) is 6. The molecule has 0 atom stereocenters. The van der Waals surface area contributed by atoms with E-state index >= 15 is 0 Å². The fourth-order valence-corrected chi connectivity index (χ4v) is 2.55. The van der Waals surface area contributed by atoms with E-state index in [0.29, 0.717) is 11.8 Å². The van der Waals surface area contributed by atoms with Crippen LogP contribution in [0.15, 0.2) is 40.6 Å². The number of hydrogen-bond donors (Lipinski definition) is 1. The summed E-state index contributed by atoms with van der Waals surface area (Å²) in [6.45, 7) is 1.57. The number of nitro benzene ring substituents is 2. The second-order valence-electron chi connectivity index (χ2n) is 6.19. The zero-order valence-corrected chi connectivity index (χ0v) is 16.7. The molecule has 160 valence electrons. The van der Waals surface area contributed by atoms with Gasteiger partial charge in [0.25, 0.3) is 5.69 Å². The molecule has 0 aliphatic rings. The maximum atomic E-state index is 11.6. The highest BCUT2D eigenvalue weighted by molar-refractivity contribution is 5.93. The van der Waals surface area contributed by atoms with Crippen LogP contribution < -0.4 is 10.2 Å². The first-order valence-corrected chi connectivity index (χ1v) is 8.58. The molecule has 2 aromatic carbocycles. The van der Waals surface area contributed by atoms with Crippen LogP contribution in [0.1, 0.15) is 12.5 Å². The van der Waals surface area contributed by atoms with Gasteiger partial charge >= 0.3 is 5.69 Å². The lowest BCUT2D eigenvalue weighted by molar-refractivity contribution is -0.393. The van der Waals surface area contributed by atoms with Crippen molar-refractivity contribution in [2.75, 3.05) is 31.1 Å². The van der Waals surface area contributed by atoms with Gasteiger partial charge < -0.3 is 15.0 Å². The van der Waals surface area contributed by atoms with Crippen molar-refractivity contribution in [1.29, 1.82) is 5.26 Å². The van der Waals surface area contributed by atoms with Gasteiger partial charge in [-0.1, -0.05) is 0 Å². The van der Waals surface area contributed by atoms with Crippen LogP contribution in [-0.4, -0.2) is 36.6 Å². The van der Waals surface area contributed by atoms with E-state index in [-0.39, 0.29) is 29.6 Å². The topological polar surface area (TPSA) is 176 Å². The second kappa shape index (κ2) is 9.85. The predicted molar refractivity (Wildman–Crippen MR) is 110 cm³/mol. The maximum Gasteiger partial charge on any atom is 0.304 e. The van der Waals surface area contributed by atoms with Crippen molar-refractivity contribution in [3.8, 4) is 6.07 Å². The van der Waals surface area contributed by atoms with Gasteiger partial charge in [-0.3, -0.25) is 25.0 Å². The number of nitrogens with one attached hydrogen (secondary N) is 1. The van der Waals surface area contributed by atoms with Crippen molar-refractivity contribution in [2.45, 2.75) is 6.92 Å². The van der Waals surface area contributed by atoms with Crippen LogP contribution in [0.4, 0.5) is 34.1 Å². The van der Waals surface area contributed by atoms with Gasteiger partial charge in [0.15, 0.2) is 5.69 Å². The number of amides is 1. The Morgan fingerprint density at radius 3 is 2.48 bits per heavy atom. The van der Waals surface area contributed by atoms with Crippen molar-refractivity contribution < 1.29 is 19.4 Å². The van der Waals surface area contributed by atoms with Crippen molar-refractivity contribution >= 4 is 40.0 Å². The molecule has 0 saturated carbocycles. The highest BCUT2D eigenvalue weighted by Crippen LogP contribution is 2.38. The first-order chi connectivity index (χ1) is 14.7. The number of ether oxygens (including phenoxy) is 1. The summed E-state index contributed by atoms with van der Waals surface area (Å²) in [7, 11) is 3.29. The molecule has 2 rings (SSSR count). The minimum Gasteiger partial charge on any atom is -0.364 e. The summed E-state index contributed by atoms with van der Waals surface area (Å²) >= 11 is 0. The van der Waals surface area contributed by atoms with Gasteiger partial charge in [-0.15, -0.1) is 10.2 Å². The van der Waals surface area contributed by atoms with E-state index in [1.807, 2.05) is 0 Å². The molecule has 0 fully saturated rings. The van der Waals surface area contributed by atoms with Crippen LogP contribution in [0.25, 0.3) is 0 Å². The first-order valence-electron chi connectivity index (χ1n) is 8.58. The zero-order chi connectivity index (χ0) is 23.1. The Hall–Kier alpha value is -4.44. The van der Waals surface area contributed by atoms with Crippen LogP contribution in [0.5, 0.6) is 0 Å². The summed E-state index contributed by atoms with van der Waals surface area (Å²) in [5.74, 6) is -0.387. The molecule has 1 amide bonds. The number of rotatable bonds is 8. The Balaban J connectivity index is 2.58. The summed E-state index contributed by atoms with van der Waals surface area (Å²) in [4.78, 5) is 33.9. The third kappa shape index (κ3) is 5.55. The monoisotopic (exact) mass is 427 g/mol. The molecule has 0 aromatic heterocycles. The molecule has 0 aliphatic carbocycles. The number of methoxy groups -OCH3 is 1. The van der Waals surface area contributed by atoms with Crippen molar-refractivity contribution in [3.63, 3.8) is 0 Å².